The first-order valence-corrected chi connectivity index (χ1v) is 13.1. The quantitative estimate of drug-likeness (QED) is 0.396. The summed E-state index contributed by atoms with van der Waals surface area (Å²) in [5.41, 5.74) is 2.73. The molecule has 1 saturated heterocycles. The molecule has 5 nitrogen and oxygen atoms in total. The zero-order valence-corrected chi connectivity index (χ0v) is 18.8. The molecule has 0 amide bonds. The van der Waals surface area contributed by atoms with E-state index in [1.54, 1.807) is 24.0 Å². The lowest BCUT2D eigenvalue weighted by atomic mass is 10.0. The van der Waals surface area contributed by atoms with E-state index < -0.39 is 18.8 Å². The molecule has 1 atom stereocenters. The van der Waals surface area contributed by atoms with Crippen molar-refractivity contribution in [1.82, 2.24) is 14.6 Å². The second kappa shape index (κ2) is 7.82. The zero-order valence-electron chi connectivity index (χ0n) is 17.9. The third-order valence-electron chi connectivity index (χ3n) is 6.00. The van der Waals surface area contributed by atoms with Crippen LogP contribution in [-0.4, -0.2) is 34.5 Å². The number of benzene rings is 2. The lowest BCUT2D eigenvalue weighted by Crippen LogP contribution is -2.24. The molecule has 32 heavy (non-hydrogen) atoms. The Labute approximate surface area is 185 Å². The standard InChI is InChI=1S/C24H23F2N4OP/c1-32(2,31)18-6-3-5-16(13-18)20-15-27-30-12-10-23(28-24(20)30)29-11-4-7-22(29)19-14-17(25)8-9-21(19)26/h3,5-6,8-10,12-15,22H,4,7,11H2,1-2H3/t22-/m1/s1. The number of halogens is 2. The van der Waals surface area contributed by atoms with Crippen LogP contribution in [0.25, 0.3) is 16.8 Å². The Morgan fingerprint density at radius 2 is 1.94 bits per heavy atom. The van der Waals surface area contributed by atoms with Crippen LogP contribution >= 0.6 is 7.14 Å². The number of fused-ring (bicyclic) bond motifs is 1. The number of hydrogen-bond acceptors (Lipinski definition) is 4. The molecule has 2 aromatic heterocycles. The van der Waals surface area contributed by atoms with Gasteiger partial charge in [-0.25, -0.2) is 18.3 Å². The highest BCUT2D eigenvalue weighted by molar-refractivity contribution is 7.70. The largest absolute Gasteiger partial charge is 0.349 e. The van der Waals surface area contributed by atoms with E-state index in [2.05, 4.69) is 5.10 Å². The molecule has 5 rings (SSSR count). The molecule has 0 bridgehead atoms. The van der Waals surface area contributed by atoms with Crippen LogP contribution in [0.5, 0.6) is 0 Å². The van der Waals surface area contributed by atoms with Crippen molar-refractivity contribution in [2.24, 2.45) is 0 Å². The number of aromatic nitrogens is 3. The average molecular weight is 452 g/mol. The van der Waals surface area contributed by atoms with Gasteiger partial charge in [0.2, 0.25) is 0 Å². The molecule has 0 N–H and O–H groups in total. The summed E-state index contributed by atoms with van der Waals surface area (Å²) in [5.74, 6) is -0.160. The van der Waals surface area contributed by atoms with Crippen LogP contribution in [0.3, 0.4) is 0 Å². The van der Waals surface area contributed by atoms with Crippen LogP contribution < -0.4 is 10.2 Å². The van der Waals surface area contributed by atoms with Gasteiger partial charge in [-0.2, -0.15) is 5.10 Å². The summed E-state index contributed by atoms with van der Waals surface area (Å²) in [6, 6.07) is 12.8. The van der Waals surface area contributed by atoms with Gasteiger partial charge in [0, 0.05) is 29.2 Å². The van der Waals surface area contributed by atoms with Gasteiger partial charge in [-0.3, -0.25) is 0 Å². The Bertz CT molecular complexity index is 1360. The van der Waals surface area contributed by atoms with Crippen LogP contribution in [0.4, 0.5) is 14.6 Å². The predicted molar refractivity (Wildman–Crippen MR) is 123 cm³/mol. The van der Waals surface area contributed by atoms with Crippen molar-refractivity contribution in [3.63, 3.8) is 0 Å². The minimum Gasteiger partial charge on any atom is -0.349 e. The van der Waals surface area contributed by atoms with Crippen LogP contribution in [0, 0.1) is 11.6 Å². The van der Waals surface area contributed by atoms with E-state index in [1.165, 1.54) is 12.1 Å². The summed E-state index contributed by atoms with van der Waals surface area (Å²) in [6.07, 6.45) is 5.16. The van der Waals surface area contributed by atoms with E-state index in [1.807, 2.05) is 41.4 Å². The third-order valence-corrected chi connectivity index (χ3v) is 7.52. The molecule has 3 heterocycles. The van der Waals surface area contributed by atoms with Crippen molar-refractivity contribution in [2.75, 3.05) is 24.8 Å². The Kier molecular flexibility index (Phi) is 5.09. The predicted octanol–water partition coefficient (Wildman–Crippen LogP) is 5.26. The SMILES string of the molecule is CP(C)(=O)c1cccc(-c2cnn3ccc(N4CCC[C@@H]4c4cc(F)ccc4F)nc23)c1. The number of anilines is 1. The molecule has 0 unspecified atom stereocenters. The lowest BCUT2D eigenvalue weighted by molar-refractivity contribution is 0.560. The average Bonchev–Trinajstić information content (AvgIpc) is 3.41. The number of nitrogens with zero attached hydrogens (tertiary/aromatic N) is 4. The molecular weight excluding hydrogens is 429 g/mol. The van der Waals surface area contributed by atoms with Crippen molar-refractivity contribution in [1.29, 1.82) is 0 Å². The van der Waals surface area contributed by atoms with Crippen molar-refractivity contribution >= 4 is 23.9 Å². The first-order valence-electron chi connectivity index (χ1n) is 10.5. The Balaban J connectivity index is 1.57. The maximum Gasteiger partial charge on any atom is 0.165 e. The van der Waals surface area contributed by atoms with E-state index >= 15 is 0 Å². The van der Waals surface area contributed by atoms with Crippen molar-refractivity contribution in [3.05, 3.63) is 78.1 Å². The monoisotopic (exact) mass is 452 g/mol. The normalized spacial score (nSPS) is 16.8. The van der Waals surface area contributed by atoms with Gasteiger partial charge < -0.3 is 9.46 Å². The molecule has 4 aromatic rings. The zero-order chi connectivity index (χ0) is 22.5. The minimum atomic E-state index is -2.41. The van der Waals surface area contributed by atoms with E-state index in [4.69, 9.17) is 4.98 Å². The molecule has 0 saturated carbocycles. The Hall–Kier alpha value is -3.05. The van der Waals surface area contributed by atoms with E-state index in [0.717, 1.165) is 35.3 Å². The molecule has 0 aliphatic carbocycles. The van der Waals surface area contributed by atoms with Crippen LogP contribution in [0.1, 0.15) is 24.4 Å². The summed E-state index contributed by atoms with van der Waals surface area (Å²) < 4.78 is 42.5. The number of rotatable bonds is 4. The lowest BCUT2D eigenvalue weighted by Gasteiger charge is -2.26. The van der Waals surface area contributed by atoms with Gasteiger partial charge in [-0.15, -0.1) is 0 Å². The molecule has 1 fully saturated rings. The maximum absolute atomic E-state index is 14.5. The minimum absolute atomic E-state index is 0.276. The van der Waals surface area contributed by atoms with Gasteiger partial charge in [-0.1, -0.05) is 18.2 Å². The Morgan fingerprint density at radius 1 is 1.09 bits per heavy atom. The second-order valence-electron chi connectivity index (χ2n) is 8.53. The first kappa shape index (κ1) is 20.8. The molecule has 164 valence electrons. The number of hydrogen-bond donors (Lipinski definition) is 0. The van der Waals surface area contributed by atoms with Crippen LogP contribution in [-0.2, 0) is 4.57 Å². The molecule has 8 heteroatoms. The fourth-order valence-corrected chi connectivity index (χ4v) is 5.26. The highest BCUT2D eigenvalue weighted by Gasteiger charge is 2.30. The third kappa shape index (κ3) is 3.71. The summed E-state index contributed by atoms with van der Waals surface area (Å²) in [7, 11) is -2.41. The van der Waals surface area contributed by atoms with Gasteiger partial charge in [0.1, 0.15) is 24.6 Å². The summed E-state index contributed by atoms with van der Waals surface area (Å²) in [4.78, 5) is 6.88. The van der Waals surface area contributed by atoms with E-state index in [-0.39, 0.29) is 6.04 Å². The summed E-state index contributed by atoms with van der Waals surface area (Å²) in [5, 5.41) is 5.21. The molecular formula is C24H23F2N4OP. The highest BCUT2D eigenvalue weighted by atomic mass is 31.2. The molecule has 1 aliphatic heterocycles. The molecule has 1 aliphatic rings. The molecule has 2 aromatic carbocycles. The van der Waals surface area contributed by atoms with E-state index in [9.17, 15) is 13.3 Å². The van der Waals surface area contributed by atoms with Gasteiger partial charge in [0.15, 0.2) is 5.65 Å². The topological polar surface area (TPSA) is 50.5 Å². The summed E-state index contributed by atoms with van der Waals surface area (Å²) >= 11 is 0. The summed E-state index contributed by atoms with van der Waals surface area (Å²) in [6.45, 7) is 4.20. The van der Waals surface area contributed by atoms with Crippen molar-refractivity contribution < 1.29 is 13.3 Å². The molecule has 0 radical (unpaired) electrons. The van der Waals surface area contributed by atoms with Gasteiger partial charge in [0.25, 0.3) is 0 Å². The van der Waals surface area contributed by atoms with Crippen LogP contribution in [0.2, 0.25) is 0 Å². The van der Waals surface area contributed by atoms with E-state index in [0.29, 0.717) is 23.6 Å². The van der Waals surface area contributed by atoms with Crippen molar-refractivity contribution in [2.45, 2.75) is 18.9 Å². The molecule has 0 spiro atoms. The fraction of sp³-hybridized carbons (Fsp3) is 0.250. The van der Waals surface area contributed by atoms with Gasteiger partial charge >= 0.3 is 0 Å². The van der Waals surface area contributed by atoms with Crippen molar-refractivity contribution in [3.8, 4) is 11.1 Å². The van der Waals surface area contributed by atoms with Gasteiger partial charge in [-0.05, 0) is 62.1 Å². The maximum atomic E-state index is 14.5. The first-order chi connectivity index (χ1) is 15.3. The second-order valence-corrected chi connectivity index (χ2v) is 11.7. The Morgan fingerprint density at radius 3 is 2.75 bits per heavy atom. The fourth-order valence-electron chi connectivity index (χ4n) is 4.37. The smallest absolute Gasteiger partial charge is 0.165 e. The van der Waals surface area contributed by atoms with Crippen LogP contribution in [0.15, 0.2) is 60.9 Å². The van der Waals surface area contributed by atoms with Gasteiger partial charge in [0.05, 0.1) is 12.2 Å². The highest BCUT2D eigenvalue weighted by Crippen LogP contribution is 2.38.